The summed E-state index contributed by atoms with van der Waals surface area (Å²) in [5.74, 6) is 3.19. The first-order valence-electron chi connectivity index (χ1n) is 9.69. The number of hydrogen-bond donors (Lipinski definition) is 0. The second kappa shape index (κ2) is 8.31. The largest absolute Gasteiger partial charge is 0.206 e. The van der Waals surface area contributed by atoms with Crippen LogP contribution in [0.15, 0.2) is 12.1 Å². The highest BCUT2D eigenvalue weighted by Gasteiger charge is 2.28. The van der Waals surface area contributed by atoms with Crippen molar-refractivity contribution in [1.29, 1.82) is 0 Å². The third kappa shape index (κ3) is 4.58. The standard InChI is InChI=1S/C22H35F/c1-6-18(9-7-15(2)3)19-10-12-20(13-11-19)21-14-8-16(4)22(23)17(21)5/h8,14-15,18-20H,6-7,9-13H2,1-5H3. The second-order valence-corrected chi connectivity index (χ2v) is 8.16. The van der Waals surface area contributed by atoms with E-state index in [9.17, 15) is 4.39 Å². The van der Waals surface area contributed by atoms with Crippen molar-refractivity contribution in [2.75, 3.05) is 0 Å². The number of aryl methyl sites for hydroxylation is 1. The van der Waals surface area contributed by atoms with Crippen molar-refractivity contribution < 1.29 is 4.39 Å². The van der Waals surface area contributed by atoms with Gasteiger partial charge in [0.15, 0.2) is 0 Å². The van der Waals surface area contributed by atoms with Gasteiger partial charge in [0, 0.05) is 0 Å². The average molecular weight is 319 g/mol. The van der Waals surface area contributed by atoms with E-state index >= 15 is 0 Å². The van der Waals surface area contributed by atoms with Gasteiger partial charge < -0.3 is 0 Å². The van der Waals surface area contributed by atoms with Crippen molar-refractivity contribution in [3.63, 3.8) is 0 Å². The summed E-state index contributed by atoms with van der Waals surface area (Å²) in [4.78, 5) is 0. The van der Waals surface area contributed by atoms with Gasteiger partial charge in [-0.15, -0.1) is 0 Å². The molecule has 0 radical (unpaired) electrons. The molecule has 1 aliphatic carbocycles. The molecule has 2 rings (SSSR count). The molecule has 130 valence electrons. The third-order valence-corrected chi connectivity index (χ3v) is 6.14. The van der Waals surface area contributed by atoms with Crippen LogP contribution in [0.1, 0.15) is 88.3 Å². The molecule has 0 amide bonds. The molecule has 0 spiro atoms. The monoisotopic (exact) mass is 318 g/mol. The summed E-state index contributed by atoms with van der Waals surface area (Å²) in [5.41, 5.74) is 2.93. The molecule has 1 atom stereocenters. The van der Waals surface area contributed by atoms with E-state index < -0.39 is 0 Å². The lowest BCUT2D eigenvalue weighted by atomic mass is 9.71. The van der Waals surface area contributed by atoms with Gasteiger partial charge in [-0.25, -0.2) is 4.39 Å². The predicted octanol–water partition coefficient (Wildman–Crippen LogP) is 7.18. The van der Waals surface area contributed by atoms with Crippen LogP contribution in [0.4, 0.5) is 4.39 Å². The number of hydrogen-bond acceptors (Lipinski definition) is 0. The zero-order chi connectivity index (χ0) is 17.0. The summed E-state index contributed by atoms with van der Waals surface area (Å²) in [6.07, 6.45) is 9.22. The Balaban J connectivity index is 1.97. The maximum atomic E-state index is 14.2. The first-order valence-corrected chi connectivity index (χ1v) is 9.69. The van der Waals surface area contributed by atoms with Gasteiger partial charge in [0.25, 0.3) is 0 Å². The third-order valence-electron chi connectivity index (χ3n) is 6.14. The molecule has 1 aliphatic rings. The molecule has 1 fully saturated rings. The highest BCUT2D eigenvalue weighted by atomic mass is 19.1. The first kappa shape index (κ1) is 18.5. The summed E-state index contributed by atoms with van der Waals surface area (Å²) >= 11 is 0. The minimum absolute atomic E-state index is 0.00740. The molecule has 0 aromatic heterocycles. The molecule has 1 aromatic rings. The van der Waals surface area contributed by atoms with Gasteiger partial charge in [-0.05, 0) is 86.3 Å². The van der Waals surface area contributed by atoms with Crippen LogP contribution in [0.5, 0.6) is 0 Å². The highest BCUT2D eigenvalue weighted by molar-refractivity contribution is 5.35. The Morgan fingerprint density at radius 3 is 2.26 bits per heavy atom. The zero-order valence-corrected chi connectivity index (χ0v) is 15.8. The van der Waals surface area contributed by atoms with Crippen LogP contribution < -0.4 is 0 Å². The van der Waals surface area contributed by atoms with Crippen LogP contribution >= 0.6 is 0 Å². The molecule has 1 unspecified atom stereocenters. The van der Waals surface area contributed by atoms with Gasteiger partial charge >= 0.3 is 0 Å². The van der Waals surface area contributed by atoms with Crippen LogP contribution in [0.2, 0.25) is 0 Å². The van der Waals surface area contributed by atoms with E-state index in [1.54, 1.807) is 0 Å². The van der Waals surface area contributed by atoms with Gasteiger partial charge in [-0.3, -0.25) is 0 Å². The summed E-state index contributed by atoms with van der Waals surface area (Å²) in [5, 5.41) is 0. The lowest BCUT2D eigenvalue weighted by molar-refractivity contribution is 0.207. The van der Waals surface area contributed by atoms with Crippen molar-refractivity contribution in [3.8, 4) is 0 Å². The minimum atomic E-state index is 0.00740. The molecule has 0 heterocycles. The molecule has 0 N–H and O–H groups in total. The highest BCUT2D eigenvalue weighted by Crippen LogP contribution is 2.42. The van der Waals surface area contributed by atoms with E-state index in [4.69, 9.17) is 0 Å². The van der Waals surface area contributed by atoms with Crippen molar-refractivity contribution in [2.45, 2.75) is 85.5 Å². The normalized spacial score (nSPS) is 23.3. The SMILES string of the molecule is CCC(CCC(C)C)C1CCC(c2ccc(C)c(F)c2C)CC1. The Bertz CT molecular complexity index is 495. The van der Waals surface area contributed by atoms with Crippen LogP contribution in [-0.4, -0.2) is 0 Å². The lowest BCUT2D eigenvalue weighted by Gasteiger charge is -2.34. The predicted molar refractivity (Wildman–Crippen MR) is 98.4 cm³/mol. The summed E-state index contributed by atoms with van der Waals surface area (Å²) in [6, 6.07) is 4.13. The molecular weight excluding hydrogens is 283 g/mol. The molecular formula is C22H35F. The van der Waals surface area contributed by atoms with Gasteiger partial charge in [0.05, 0.1) is 0 Å². The van der Waals surface area contributed by atoms with Gasteiger partial charge in [-0.1, -0.05) is 45.7 Å². The zero-order valence-electron chi connectivity index (χ0n) is 15.8. The average Bonchev–Trinajstić information content (AvgIpc) is 2.54. The van der Waals surface area contributed by atoms with E-state index in [-0.39, 0.29) is 5.82 Å². The quantitative estimate of drug-likeness (QED) is 0.521. The molecule has 1 heteroatoms. The number of benzene rings is 1. The van der Waals surface area contributed by atoms with E-state index in [2.05, 4.69) is 26.8 Å². The van der Waals surface area contributed by atoms with Gasteiger partial charge in [0.1, 0.15) is 5.82 Å². The Hall–Kier alpha value is -0.850. The molecule has 0 aliphatic heterocycles. The summed E-state index contributed by atoms with van der Waals surface area (Å²) in [7, 11) is 0. The van der Waals surface area contributed by atoms with E-state index in [1.807, 2.05) is 19.9 Å². The van der Waals surface area contributed by atoms with E-state index in [1.165, 1.54) is 50.5 Å². The number of rotatable bonds is 6. The lowest BCUT2D eigenvalue weighted by Crippen LogP contribution is -2.21. The van der Waals surface area contributed by atoms with E-state index in [0.717, 1.165) is 28.9 Å². The van der Waals surface area contributed by atoms with Crippen LogP contribution in [0, 0.1) is 37.4 Å². The van der Waals surface area contributed by atoms with Crippen LogP contribution in [0.3, 0.4) is 0 Å². The molecule has 0 bridgehead atoms. The fraction of sp³-hybridized carbons (Fsp3) is 0.727. The fourth-order valence-electron chi connectivity index (χ4n) is 4.50. The Morgan fingerprint density at radius 2 is 1.70 bits per heavy atom. The van der Waals surface area contributed by atoms with E-state index in [0.29, 0.717) is 5.92 Å². The topological polar surface area (TPSA) is 0 Å². The maximum absolute atomic E-state index is 14.2. The molecule has 1 saturated carbocycles. The smallest absolute Gasteiger partial charge is 0.129 e. The molecule has 1 aromatic carbocycles. The Kier molecular flexibility index (Phi) is 6.68. The molecule has 0 saturated heterocycles. The van der Waals surface area contributed by atoms with Crippen molar-refractivity contribution in [2.24, 2.45) is 17.8 Å². The molecule has 23 heavy (non-hydrogen) atoms. The van der Waals surface area contributed by atoms with Crippen molar-refractivity contribution >= 4 is 0 Å². The maximum Gasteiger partial charge on any atom is 0.129 e. The van der Waals surface area contributed by atoms with Crippen molar-refractivity contribution in [3.05, 3.63) is 34.6 Å². The first-order chi connectivity index (χ1) is 10.9. The van der Waals surface area contributed by atoms with Crippen LogP contribution in [0.25, 0.3) is 0 Å². The number of halogens is 1. The van der Waals surface area contributed by atoms with Crippen LogP contribution in [-0.2, 0) is 0 Å². The van der Waals surface area contributed by atoms with Gasteiger partial charge in [-0.2, -0.15) is 0 Å². The summed E-state index contributed by atoms with van der Waals surface area (Å²) < 4.78 is 14.2. The summed E-state index contributed by atoms with van der Waals surface area (Å²) in [6.45, 7) is 10.8. The minimum Gasteiger partial charge on any atom is -0.206 e. The Morgan fingerprint density at radius 1 is 1.04 bits per heavy atom. The second-order valence-electron chi connectivity index (χ2n) is 8.16. The fourth-order valence-corrected chi connectivity index (χ4v) is 4.50. The van der Waals surface area contributed by atoms with Gasteiger partial charge in [0.2, 0.25) is 0 Å². The Labute approximate surface area is 142 Å². The van der Waals surface area contributed by atoms with Crippen molar-refractivity contribution in [1.82, 2.24) is 0 Å². The molecule has 0 nitrogen and oxygen atoms in total.